The lowest BCUT2D eigenvalue weighted by Gasteiger charge is -2.12. The van der Waals surface area contributed by atoms with Crippen molar-refractivity contribution < 1.29 is 14.4 Å². The van der Waals surface area contributed by atoms with Crippen LogP contribution in [0.5, 0.6) is 5.75 Å². The average Bonchev–Trinajstić information content (AvgIpc) is 2.81. The predicted molar refractivity (Wildman–Crippen MR) is 57.7 cm³/mol. The Morgan fingerprint density at radius 2 is 2.41 bits per heavy atom. The molecule has 1 heterocycles. The highest BCUT2D eigenvalue weighted by Gasteiger charge is 2.23. The number of hydrogen-bond acceptors (Lipinski definition) is 5. The molecule has 1 aliphatic rings. The first-order valence-electron chi connectivity index (χ1n) is 5.14. The van der Waals surface area contributed by atoms with E-state index in [1.165, 1.54) is 12.1 Å². The molecule has 0 N–H and O–H groups in total. The summed E-state index contributed by atoms with van der Waals surface area (Å²) in [5, 5.41) is 19.7. The third-order valence-corrected chi connectivity index (χ3v) is 2.49. The van der Waals surface area contributed by atoms with Gasteiger partial charge in [0.05, 0.1) is 18.1 Å². The topological polar surface area (TPSA) is 85.4 Å². The highest BCUT2D eigenvalue weighted by Crippen LogP contribution is 2.29. The molecule has 0 unspecified atom stereocenters. The van der Waals surface area contributed by atoms with Gasteiger partial charge in [-0.25, -0.2) is 0 Å². The van der Waals surface area contributed by atoms with E-state index in [0.717, 1.165) is 6.42 Å². The fourth-order valence-electron chi connectivity index (χ4n) is 1.67. The second kappa shape index (κ2) is 4.80. The van der Waals surface area contributed by atoms with Crippen LogP contribution in [0.2, 0.25) is 0 Å². The molecule has 6 nitrogen and oxygen atoms in total. The molecule has 1 aliphatic heterocycles. The van der Waals surface area contributed by atoms with Crippen molar-refractivity contribution in [3.63, 3.8) is 0 Å². The van der Waals surface area contributed by atoms with Gasteiger partial charge in [-0.15, -0.1) is 0 Å². The summed E-state index contributed by atoms with van der Waals surface area (Å²) >= 11 is 0. The number of nitro groups is 1. The van der Waals surface area contributed by atoms with Crippen molar-refractivity contribution in [3.05, 3.63) is 33.9 Å². The molecule has 0 amide bonds. The molecule has 6 heteroatoms. The second-order valence-corrected chi connectivity index (χ2v) is 3.62. The molecule has 0 spiro atoms. The van der Waals surface area contributed by atoms with Gasteiger partial charge < -0.3 is 9.47 Å². The van der Waals surface area contributed by atoms with Crippen molar-refractivity contribution in [3.8, 4) is 11.8 Å². The molecule has 1 atom stereocenters. The lowest BCUT2D eigenvalue weighted by molar-refractivity contribution is -0.385. The zero-order valence-electron chi connectivity index (χ0n) is 8.96. The number of ether oxygens (including phenoxy) is 2. The summed E-state index contributed by atoms with van der Waals surface area (Å²) in [6.45, 7) is 1.06. The summed E-state index contributed by atoms with van der Waals surface area (Å²) in [6, 6.07) is 6.16. The number of nitro benzene ring substituents is 1. The van der Waals surface area contributed by atoms with E-state index in [1.54, 1.807) is 6.07 Å². The first-order valence-corrected chi connectivity index (χ1v) is 5.14. The lowest BCUT2D eigenvalue weighted by Crippen LogP contribution is -2.16. The van der Waals surface area contributed by atoms with Gasteiger partial charge in [0.2, 0.25) is 0 Å². The molecule has 1 aromatic carbocycles. The third-order valence-electron chi connectivity index (χ3n) is 2.49. The molecule has 0 aliphatic carbocycles. The lowest BCUT2D eigenvalue weighted by atomic mass is 10.1. The van der Waals surface area contributed by atoms with Crippen LogP contribution < -0.4 is 4.74 Å². The van der Waals surface area contributed by atoms with Crippen molar-refractivity contribution >= 4 is 5.69 Å². The van der Waals surface area contributed by atoms with E-state index in [1.807, 2.05) is 6.07 Å². The van der Waals surface area contributed by atoms with Crippen molar-refractivity contribution in [2.45, 2.75) is 12.5 Å². The molecular formula is C11H10N2O4. The van der Waals surface area contributed by atoms with Crippen LogP contribution in [0.15, 0.2) is 18.2 Å². The summed E-state index contributed by atoms with van der Waals surface area (Å²) in [5.74, 6) is 0.247. The molecular weight excluding hydrogens is 224 g/mol. The van der Waals surface area contributed by atoms with Crippen molar-refractivity contribution in [1.82, 2.24) is 0 Å². The highest BCUT2D eigenvalue weighted by molar-refractivity contribution is 5.56. The van der Waals surface area contributed by atoms with Gasteiger partial charge in [0, 0.05) is 12.5 Å². The fraction of sp³-hybridized carbons (Fsp3) is 0.364. The Morgan fingerprint density at radius 1 is 1.59 bits per heavy atom. The maximum Gasteiger partial charge on any atom is 0.290 e. The van der Waals surface area contributed by atoms with Crippen LogP contribution in [0.25, 0.3) is 0 Å². The zero-order chi connectivity index (χ0) is 12.3. The Balaban J connectivity index is 2.30. The van der Waals surface area contributed by atoms with Crippen LogP contribution >= 0.6 is 0 Å². The Labute approximate surface area is 97.5 Å². The third kappa shape index (κ3) is 2.34. The zero-order valence-corrected chi connectivity index (χ0v) is 8.96. The van der Waals surface area contributed by atoms with Gasteiger partial charge in [-0.05, 0) is 6.07 Å². The Hall–Kier alpha value is -2.13. The monoisotopic (exact) mass is 234 g/mol. The van der Waals surface area contributed by atoms with Crippen LogP contribution in [-0.2, 0) is 4.74 Å². The smallest absolute Gasteiger partial charge is 0.290 e. The van der Waals surface area contributed by atoms with Crippen molar-refractivity contribution in [2.75, 3.05) is 13.2 Å². The Morgan fingerprint density at radius 3 is 3.00 bits per heavy atom. The maximum atomic E-state index is 10.7. The largest absolute Gasteiger partial charge is 0.486 e. The van der Waals surface area contributed by atoms with E-state index in [0.29, 0.717) is 13.2 Å². The van der Waals surface area contributed by atoms with E-state index in [2.05, 4.69) is 0 Å². The van der Waals surface area contributed by atoms with Gasteiger partial charge in [-0.1, -0.05) is 6.07 Å². The minimum atomic E-state index is -0.587. The van der Waals surface area contributed by atoms with Crippen molar-refractivity contribution in [1.29, 1.82) is 5.26 Å². The normalized spacial score (nSPS) is 18.6. The van der Waals surface area contributed by atoms with E-state index in [-0.39, 0.29) is 23.1 Å². The molecule has 0 radical (unpaired) electrons. The first-order chi connectivity index (χ1) is 8.22. The predicted octanol–water partition coefficient (Wildman–Crippen LogP) is 1.63. The molecule has 2 rings (SSSR count). The number of hydrogen-bond donors (Lipinski definition) is 0. The van der Waals surface area contributed by atoms with Gasteiger partial charge in [0.15, 0.2) is 5.56 Å². The van der Waals surface area contributed by atoms with Crippen LogP contribution in [0.1, 0.15) is 12.0 Å². The van der Waals surface area contributed by atoms with Gasteiger partial charge in [-0.3, -0.25) is 10.1 Å². The first kappa shape index (κ1) is 11.4. The molecule has 88 valence electrons. The Kier molecular flexibility index (Phi) is 3.21. The fourth-order valence-corrected chi connectivity index (χ4v) is 1.67. The van der Waals surface area contributed by atoms with Crippen LogP contribution in [-0.4, -0.2) is 24.2 Å². The quantitative estimate of drug-likeness (QED) is 0.586. The summed E-state index contributed by atoms with van der Waals surface area (Å²) in [7, 11) is 0. The van der Waals surface area contributed by atoms with E-state index >= 15 is 0 Å². The number of benzene rings is 1. The summed E-state index contributed by atoms with van der Waals surface area (Å²) in [5.41, 5.74) is -0.270. The van der Waals surface area contributed by atoms with Crippen LogP contribution in [0, 0.1) is 21.4 Å². The molecule has 1 saturated heterocycles. The summed E-state index contributed by atoms with van der Waals surface area (Å²) in [4.78, 5) is 10.2. The number of rotatable bonds is 3. The van der Waals surface area contributed by atoms with Crippen molar-refractivity contribution in [2.24, 2.45) is 0 Å². The van der Waals surface area contributed by atoms with E-state index in [4.69, 9.17) is 14.7 Å². The molecule has 0 saturated carbocycles. The molecule has 0 aromatic heterocycles. The standard InChI is InChI=1S/C11H10N2O4/c12-6-9-10(13(14)15)2-1-3-11(9)17-8-4-5-16-7-8/h1-3,8H,4-5,7H2/t8-/m1/s1. The van der Waals surface area contributed by atoms with E-state index < -0.39 is 4.92 Å². The van der Waals surface area contributed by atoms with Crippen LogP contribution in [0.3, 0.4) is 0 Å². The molecule has 17 heavy (non-hydrogen) atoms. The summed E-state index contributed by atoms with van der Waals surface area (Å²) < 4.78 is 10.7. The van der Waals surface area contributed by atoms with Gasteiger partial charge in [-0.2, -0.15) is 5.26 Å². The van der Waals surface area contributed by atoms with E-state index in [9.17, 15) is 10.1 Å². The average molecular weight is 234 g/mol. The van der Waals surface area contributed by atoms with Gasteiger partial charge in [0.1, 0.15) is 17.9 Å². The number of nitrogens with zero attached hydrogens (tertiary/aromatic N) is 2. The minimum absolute atomic E-state index is 0.0376. The second-order valence-electron chi connectivity index (χ2n) is 3.62. The van der Waals surface area contributed by atoms with Gasteiger partial charge in [0.25, 0.3) is 5.69 Å². The van der Waals surface area contributed by atoms with Crippen LogP contribution in [0.4, 0.5) is 5.69 Å². The number of nitriles is 1. The SMILES string of the molecule is N#Cc1c(O[C@@H]2CCOC2)cccc1[N+](=O)[O-]. The molecule has 0 bridgehead atoms. The maximum absolute atomic E-state index is 10.7. The molecule has 1 fully saturated rings. The highest BCUT2D eigenvalue weighted by atomic mass is 16.6. The van der Waals surface area contributed by atoms with Gasteiger partial charge >= 0.3 is 0 Å². The summed E-state index contributed by atoms with van der Waals surface area (Å²) in [6.07, 6.45) is 0.595. The molecule has 1 aromatic rings. The Bertz CT molecular complexity index is 475. The minimum Gasteiger partial charge on any atom is -0.486 e.